The Hall–Kier alpha value is 5.77. The van der Waals surface area contributed by atoms with Crippen LogP contribution in [0.1, 0.15) is 0 Å². The summed E-state index contributed by atoms with van der Waals surface area (Å²) in [7, 11) is -9.28. The first-order valence-corrected chi connectivity index (χ1v) is 4.70. The van der Waals surface area contributed by atoms with Gasteiger partial charge in [0.1, 0.15) is 0 Å². The smallest absolute Gasteiger partial charge is 0 e. The van der Waals surface area contributed by atoms with Crippen LogP contribution in [-0.4, -0.2) is 169 Å². The fourth-order valence-electron chi connectivity index (χ4n) is 0. The summed E-state index contributed by atoms with van der Waals surface area (Å²) in [6.45, 7) is 0. The van der Waals surface area contributed by atoms with Crippen molar-refractivity contribution >= 4 is 168 Å². The average molecular weight is 410 g/mol. The van der Waals surface area contributed by atoms with Gasteiger partial charge in [-0.2, -0.15) is 0 Å². The van der Waals surface area contributed by atoms with Crippen LogP contribution in [-0.2, 0) is 28.6 Å². The van der Waals surface area contributed by atoms with Crippen molar-refractivity contribution in [3.8, 4) is 0 Å². The van der Waals surface area contributed by atoms with Gasteiger partial charge in [-0.15, -0.1) is 12.4 Å². The van der Waals surface area contributed by atoms with Gasteiger partial charge in [0.05, 0.1) is 0 Å². The van der Waals surface area contributed by atoms with Crippen LogP contribution in [0, 0.1) is 0 Å². The topological polar surface area (TPSA) is 156 Å². The van der Waals surface area contributed by atoms with Gasteiger partial charge in [0.15, 0.2) is 0 Å². The van der Waals surface area contributed by atoms with Gasteiger partial charge < -0.3 is 29.4 Å². The van der Waals surface area contributed by atoms with Crippen molar-refractivity contribution in [3.63, 3.8) is 0 Å². The molecule has 16 heavy (non-hydrogen) atoms. The molecule has 0 aromatic heterocycles. The molecule has 0 saturated carbocycles. The molecule has 0 radical (unpaired) electrons. The third-order valence-corrected chi connectivity index (χ3v) is 0. The van der Waals surface area contributed by atoms with E-state index in [1.54, 1.807) is 0 Å². The zero-order chi connectivity index (χ0) is 9.00. The summed E-state index contributed by atoms with van der Waals surface area (Å²) >= 11 is 0. The van der Waals surface area contributed by atoms with Crippen molar-refractivity contribution in [1.82, 2.24) is 0 Å². The molecule has 0 rings (SSSR count). The maximum absolute atomic E-state index is 8.88. The van der Waals surface area contributed by atoms with Crippen molar-refractivity contribution in [1.29, 1.82) is 0 Å². The fraction of sp³-hybridized carbons (Fsp3) is 0. The van der Waals surface area contributed by atoms with Crippen LogP contribution < -0.4 is 0 Å². The Morgan fingerprint density at radius 1 is 0.625 bits per heavy atom. The Kier molecular flexibility index (Phi) is 79.6. The normalized spacial score (nSPS) is 7.38. The summed E-state index contributed by atoms with van der Waals surface area (Å²) in [5, 5.41) is 0. The van der Waals surface area contributed by atoms with Crippen LogP contribution in [0.2, 0.25) is 0 Å². The quantitative estimate of drug-likeness (QED) is 0.174. The molecular formula is H11ClKNa3O8P2Zn. The van der Waals surface area contributed by atoms with E-state index in [-0.39, 0.29) is 172 Å². The molecule has 0 saturated heterocycles. The van der Waals surface area contributed by atoms with Crippen LogP contribution in [0.3, 0.4) is 0 Å². The van der Waals surface area contributed by atoms with Gasteiger partial charge in [0, 0.05) is 19.5 Å². The second-order valence-corrected chi connectivity index (χ2v) is 3.08. The molecule has 0 spiro atoms. The molecular weight excluding hydrogens is 399 g/mol. The van der Waals surface area contributed by atoms with Gasteiger partial charge in [-0.25, -0.2) is 9.13 Å². The fourth-order valence-corrected chi connectivity index (χ4v) is 0. The minimum Gasteiger partial charge on any atom is 0 e. The van der Waals surface area contributed by atoms with E-state index < -0.39 is 15.6 Å². The molecule has 8 nitrogen and oxygen atoms in total. The van der Waals surface area contributed by atoms with E-state index in [4.69, 9.17) is 38.5 Å². The predicted octanol–water partition coefficient (Wildman–Crippen LogP) is -4.03. The average Bonchev–Trinajstić information content (AvgIpc) is 1.12. The van der Waals surface area contributed by atoms with Crippen molar-refractivity contribution < 1.29 is 58.0 Å². The van der Waals surface area contributed by atoms with Crippen molar-refractivity contribution in [2.75, 3.05) is 0 Å². The summed E-state index contributed by atoms with van der Waals surface area (Å²) in [4.78, 5) is 43.1. The molecule has 6 N–H and O–H groups in total. The largest absolute Gasteiger partial charge is 0 e. The van der Waals surface area contributed by atoms with Crippen LogP contribution in [0.5, 0.6) is 0 Å². The summed E-state index contributed by atoms with van der Waals surface area (Å²) in [5.74, 6) is 0. The van der Waals surface area contributed by atoms with E-state index in [9.17, 15) is 0 Å². The monoisotopic (exact) mass is 408 g/mol. The van der Waals surface area contributed by atoms with Gasteiger partial charge in [0.2, 0.25) is 0 Å². The van der Waals surface area contributed by atoms with E-state index in [2.05, 4.69) is 0 Å². The van der Waals surface area contributed by atoms with Gasteiger partial charge in [0.25, 0.3) is 0 Å². The maximum Gasteiger partial charge on any atom is 0 e. The Balaban J connectivity index is -0.00000000970. The summed E-state index contributed by atoms with van der Waals surface area (Å²) in [6, 6.07) is 0. The molecule has 16 heteroatoms. The van der Waals surface area contributed by atoms with Crippen molar-refractivity contribution in [3.05, 3.63) is 0 Å². The third-order valence-electron chi connectivity index (χ3n) is 0. The van der Waals surface area contributed by atoms with Crippen LogP contribution >= 0.6 is 28.1 Å². The number of hydrogen-bond donors (Lipinski definition) is 6. The standard InChI is InChI=1S/ClH.K.3Na.2H3O4P.Zn.4H/c;;;;;2*1-5(2,3)4;;;;;/h1H;;;;;2*(H3,1,2,3,4);;;;;. The molecule has 0 aliphatic rings. The van der Waals surface area contributed by atoms with Crippen LogP contribution in [0.15, 0.2) is 0 Å². The molecule has 0 aliphatic carbocycles. The summed E-state index contributed by atoms with van der Waals surface area (Å²) in [6.07, 6.45) is 0. The molecule has 0 amide bonds. The van der Waals surface area contributed by atoms with Gasteiger partial charge in [-0.3, -0.25) is 0 Å². The first kappa shape index (κ1) is 49.5. The van der Waals surface area contributed by atoms with E-state index >= 15 is 0 Å². The van der Waals surface area contributed by atoms with E-state index in [0.29, 0.717) is 0 Å². The number of phosphoric acid groups is 2. The van der Waals surface area contributed by atoms with Crippen molar-refractivity contribution in [2.45, 2.75) is 0 Å². The second-order valence-electron chi connectivity index (χ2n) is 1.03. The Morgan fingerprint density at radius 2 is 0.625 bits per heavy atom. The Bertz CT molecular complexity index is 146. The Morgan fingerprint density at radius 3 is 0.625 bits per heavy atom. The maximum atomic E-state index is 8.88. The summed E-state index contributed by atoms with van der Waals surface area (Å²) < 4.78 is 17.8. The van der Waals surface area contributed by atoms with E-state index in [1.807, 2.05) is 0 Å². The minimum absolute atomic E-state index is 0. The number of hydrogen-bond acceptors (Lipinski definition) is 2. The van der Waals surface area contributed by atoms with Crippen LogP contribution in [0.25, 0.3) is 0 Å². The zero-order valence-electron chi connectivity index (χ0n) is 5.51. The molecule has 82 valence electrons. The van der Waals surface area contributed by atoms with E-state index in [1.165, 1.54) is 0 Å². The molecule has 0 heterocycles. The van der Waals surface area contributed by atoms with Gasteiger partial charge >= 0.3 is 156 Å². The molecule has 0 unspecified atom stereocenters. The van der Waals surface area contributed by atoms with Gasteiger partial charge in [-0.05, 0) is 0 Å². The molecule has 0 aromatic rings. The third kappa shape index (κ3) is 209. The summed E-state index contributed by atoms with van der Waals surface area (Å²) in [5.41, 5.74) is 0. The first-order chi connectivity index (χ1) is 4.00. The van der Waals surface area contributed by atoms with Gasteiger partial charge in [-0.1, -0.05) is 0 Å². The zero-order valence-corrected chi connectivity index (χ0v) is 11.1. The molecule has 0 aromatic carbocycles. The molecule has 0 aliphatic heterocycles. The Labute approximate surface area is 220 Å². The minimum atomic E-state index is -4.64. The predicted molar refractivity (Wildman–Crippen MR) is 64.4 cm³/mol. The number of rotatable bonds is 0. The van der Waals surface area contributed by atoms with Crippen molar-refractivity contribution in [2.24, 2.45) is 0 Å². The molecule has 0 atom stereocenters. The SMILES string of the molecule is Cl.O=P(O)(O)O.O=P(O)(O)O.[KH].[NaH].[NaH].[NaH].[Zn]. The first-order valence-electron chi connectivity index (χ1n) is 1.57. The van der Waals surface area contributed by atoms with Crippen LogP contribution in [0.4, 0.5) is 0 Å². The molecule has 0 fully saturated rings. The number of halogens is 1. The second kappa shape index (κ2) is 25.7. The molecule has 0 bridgehead atoms. The van der Waals surface area contributed by atoms with E-state index in [0.717, 1.165) is 0 Å².